The summed E-state index contributed by atoms with van der Waals surface area (Å²) in [6.45, 7) is 1.83. The Hall–Kier alpha value is -1.53. The molecule has 1 saturated heterocycles. The topological polar surface area (TPSA) is 72.8 Å². The van der Waals surface area contributed by atoms with Gasteiger partial charge in [-0.3, -0.25) is 0 Å². The molecule has 3 atom stereocenters. The smallest absolute Gasteiger partial charge is 0.338 e. The van der Waals surface area contributed by atoms with Gasteiger partial charge in [-0.25, -0.2) is 9.59 Å². The predicted molar refractivity (Wildman–Crippen MR) is 70.1 cm³/mol. The Kier molecular flexibility index (Phi) is 4.44. The molecule has 0 spiro atoms. The van der Waals surface area contributed by atoms with Crippen LogP contribution < -0.4 is 0 Å². The molecule has 1 aliphatic heterocycles. The number of benzene rings is 1. The maximum Gasteiger partial charge on any atom is 0.338 e. The van der Waals surface area contributed by atoms with Gasteiger partial charge in [0.15, 0.2) is 6.10 Å². The van der Waals surface area contributed by atoms with Gasteiger partial charge in [-0.1, -0.05) is 25.1 Å². The Balaban J connectivity index is 1.84. The molecule has 19 heavy (non-hydrogen) atoms. The van der Waals surface area contributed by atoms with Gasteiger partial charge >= 0.3 is 11.9 Å². The van der Waals surface area contributed by atoms with Crippen molar-refractivity contribution in [1.82, 2.24) is 0 Å². The predicted octanol–water partition coefficient (Wildman–Crippen LogP) is 1.77. The fourth-order valence-corrected chi connectivity index (χ4v) is 2.89. The number of carbonyl (C=O) groups excluding carboxylic acids is 1. The third kappa shape index (κ3) is 3.48. The zero-order valence-corrected chi connectivity index (χ0v) is 11.1. The molecule has 6 heteroatoms. The van der Waals surface area contributed by atoms with Gasteiger partial charge < -0.3 is 14.6 Å². The van der Waals surface area contributed by atoms with Crippen molar-refractivity contribution in [2.45, 2.75) is 23.7 Å². The molecule has 0 aromatic heterocycles. The highest BCUT2D eigenvalue weighted by Crippen LogP contribution is 2.32. The number of aliphatic carboxylic acids is 1. The second-order valence-electron chi connectivity index (χ2n) is 4.13. The van der Waals surface area contributed by atoms with Crippen LogP contribution in [0.4, 0.5) is 0 Å². The van der Waals surface area contributed by atoms with Gasteiger partial charge in [0, 0.05) is 5.25 Å². The van der Waals surface area contributed by atoms with E-state index < -0.39 is 23.5 Å². The van der Waals surface area contributed by atoms with E-state index >= 15 is 0 Å². The Bertz CT molecular complexity index is 461. The van der Waals surface area contributed by atoms with Crippen molar-refractivity contribution in [3.05, 3.63) is 35.9 Å². The summed E-state index contributed by atoms with van der Waals surface area (Å²) in [6.07, 6.45) is -0.842. The van der Waals surface area contributed by atoms with E-state index in [0.29, 0.717) is 5.56 Å². The van der Waals surface area contributed by atoms with E-state index in [4.69, 9.17) is 14.6 Å². The lowest BCUT2D eigenvalue weighted by molar-refractivity contribution is -0.150. The molecule has 1 aromatic rings. The van der Waals surface area contributed by atoms with Gasteiger partial charge in [0.05, 0.1) is 5.56 Å². The Labute approximate surface area is 114 Å². The maximum absolute atomic E-state index is 11.7. The fourth-order valence-electron chi connectivity index (χ4n) is 1.76. The average molecular weight is 282 g/mol. The van der Waals surface area contributed by atoms with Crippen LogP contribution >= 0.6 is 11.8 Å². The first-order valence-electron chi connectivity index (χ1n) is 5.84. The molecular weight excluding hydrogens is 268 g/mol. The molecule has 1 N–H and O–H groups in total. The molecule has 1 aliphatic rings. The summed E-state index contributed by atoms with van der Waals surface area (Å²) < 4.78 is 10.4. The number of carboxylic acid groups (broad SMARTS) is 1. The summed E-state index contributed by atoms with van der Waals surface area (Å²) in [7, 11) is 0. The third-order valence-electron chi connectivity index (χ3n) is 2.69. The third-order valence-corrected chi connectivity index (χ3v) is 3.92. The van der Waals surface area contributed by atoms with Crippen LogP contribution in [-0.4, -0.2) is 40.4 Å². The SMILES string of the molecule is C[C@H]1S[C@H](COC(=O)c2ccccc2)O[C@@H]1C(=O)O. The molecule has 0 bridgehead atoms. The molecule has 5 nitrogen and oxygen atoms in total. The molecule has 2 rings (SSSR count). The number of thioether (sulfide) groups is 1. The second-order valence-corrected chi connectivity index (χ2v) is 5.67. The number of carboxylic acids is 1. The molecule has 0 unspecified atom stereocenters. The number of esters is 1. The Morgan fingerprint density at radius 3 is 2.63 bits per heavy atom. The average Bonchev–Trinajstić information content (AvgIpc) is 2.78. The highest BCUT2D eigenvalue weighted by molar-refractivity contribution is 8.00. The van der Waals surface area contributed by atoms with Gasteiger partial charge in [-0.2, -0.15) is 0 Å². The number of rotatable bonds is 4. The summed E-state index contributed by atoms with van der Waals surface area (Å²) >= 11 is 1.36. The van der Waals surface area contributed by atoms with Crippen LogP contribution in [0.5, 0.6) is 0 Å². The van der Waals surface area contributed by atoms with Crippen LogP contribution in [0.15, 0.2) is 30.3 Å². The van der Waals surface area contributed by atoms with E-state index in [1.807, 2.05) is 6.07 Å². The summed E-state index contributed by atoms with van der Waals surface area (Å²) in [5, 5.41) is 8.76. The van der Waals surface area contributed by atoms with Crippen molar-refractivity contribution >= 4 is 23.7 Å². The lowest BCUT2D eigenvalue weighted by Gasteiger charge is -2.10. The zero-order valence-electron chi connectivity index (χ0n) is 10.3. The van der Waals surface area contributed by atoms with E-state index in [-0.39, 0.29) is 11.9 Å². The molecule has 1 aromatic carbocycles. The normalized spacial score (nSPS) is 26.1. The van der Waals surface area contributed by atoms with Crippen molar-refractivity contribution in [1.29, 1.82) is 0 Å². The molecule has 1 heterocycles. The minimum atomic E-state index is -0.989. The van der Waals surface area contributed by atoms with Crippen LogP contribution in [0.25, 0.3) is 0 Å². The minimum Gasteiger partial charge on any atom is -0.479 e. The van der Waals surface area contributed by atoms with E-state index in [1.165, 1.54) is 11.8 Å². The first kappa shape index (κ1) is 13.9. The molecule has 0 amide bonds. The van der Waals surface area contributed by atoms with Crippen molar-refractivity contribution in [2.75, 3.05) is 6.61 Å². The van der Waals surface area contributed by atoms with Gasteiger partial charge in [0.2, 0.25) is 0 Å². The zero-order chi connectivity index (χ0) is 13.8. The molecule has 0 saturated carbocycles. The molecular formula is C13H14O5S. The highest BCUT2D eigenvalue weighted by Gasteiger charge is 2.38. The lowest BCUT2D eigenvalue weighted by Crippen LogP contribution is -2.28. The van der Waals surface area contributed by atoms with Crippen LogP contribution in [0, 0.1) is 0 Å². The Morgan fingerprint density at radius 1 is 1.37 bits per heavy atom. The summed E-state index contributed by atoms with van der Waals surface area (Å²) in [5.74, 6) is -1.42. The van der Waals surface area contributed by atoms with Crippen LogP contribution in [-0.2, 0) is 14.3 Å². The van der Waals surface area contributed by atoms with Gasteiger partial charge in [-0.15, -0.1) is 11.8 Å². The largest absolute Gasteiger partial charge is 0.479 e. The first-order valence-corrected chi connectivity index (χ1v) is 6.78. The summed E-state index contributed by atoms with van der Waals surface area (Å²) in [6, 6.07) is 8.63. The monoisotopic (exact) mass is 282 g/mol. The van der Waals surface area contributed by atoms with Crippen molar-refractivity contribution in [3.63, 3.8) is 0 Å². The standard InChI is InChI=1S/C13H14O5S/c1-8-11(12(14)15)18-10(19-8)7-17-13(16)9-5-3-2-4-6-9/h2-6,8,10-11H,7H2,1H3,(H,14,15)/t8-,10-,11+/m1/s1. The fraction of sp³-hybridized carbons (Fsp3) is 0.385. The Morgan fingerprint density at radius 2 is 2.05 bits per heavy atom. The van der Waals surface area contributed by atoms with Crippen LogP contribution in [0.3, 0.4) is 0 Å². The van der Waals surface area contributed by atoms with Crippen molar-refractivity contribution < 1.29 is 24.2 Å². The van der Waals surface area contributed by atoms with Gasteiger partial charge in [0.25, 0.3) is 0 Å². The number of ether oxygens (including phenoxy) is 2. The van der Waals surface area contributed by atoms with E-state index in [2.05, 4.69) is 0 Å². The van der Waals surface area contributed by atoms with Crippen LogP contribution in [0.1, 0.15) is 17.3 Å². The van der Waals surface area contributed by atoms with E-state index in [1.54, 1.807) is 31.2 Å². The summed E-state index contributed by atoms with van der Waals surface area (Å²) in [4.78, 5) is 22.6. The van der Waals surface area contributed by atoms with Gasteiger partial charge in [-0.05, 0) is 12.1 Å². The van der Waals surface area contributed by atoms with Gasteiger partial charge in [0.1, 0.15) is 12.0 Å². The molecule has 0 aliphatic carbocycles. The number of hydrogen-bond donors (Lipinski definition) is 1. The minimum absolute atomic E-state index is 0.0481. The first-order chi connectivity index (χ1) is 9.08. The van der Waals surface area contributed by atoms with Crippen LogP contribution in [0.2, 0.25) is 0 Å². The number of carbonyl (C=O) groups is 2. The van der Waals surface area contributed by atoms with E-state index in [9.17, 15) is 9.59 Å². The second kappa shape index (κ2) is 6.08. The van der Waals surface area contributed by atoms with Crippen molar-refractivity contribution in [3.8, 4) is 0 Å². The maximum atomic E-state index is 11.7. The summed E-state index contributed by atoms with van der Waals surface area (Å²) in [5.41, 5.74) is 0.0390. The molecule has 1 fully saturated rings. The van der Waals surface area contributed by atoms with E-state index in [0.717, 1.165) is 0 Å². The quantitative estimate of drug-likeness (QED) is 0.849. The lowest BCUT2D eigenvalue weighted by atomic mass is 10.2. The number of hydrogen-bond acceptors (Lipinski definition) is 5. The molecule has 0 radical (unpaired) electrons. The van der Waals surface area contributed by atoms with Crippen molar-refractivity contribution in [2.24, 2.45) is 0 Å². The highest BCUT2D eigenvalue weighted by atomic mass is 32.2. The molecule has 102 valence electrons.